The second-order valence-electron chi connectivity index (χ2n) is 3.73. The number of allylic oxidation sites excluding steroid dienone is 3. The number of nitrogens with zero attached hydrogens (tertiary/aromatic N) is 1. The first-order chi connectivity index (χ1) is 8.22. The van der Waals surface area contributed by atoms with Gasteiger partial charge in [0.25, 0.3) is 0 Å². The van der Waals surface area contributed by atoms with Crippen molar-refractivity contribution in [3.63, 3.8) is 0 Å². The van der Waals surface area contributed by atoms with Crippen molar-refractivity contribution < 1.29 is 19.2 Å². The third-order valence-corrected chi connectivity index (χ3v) is 2.68. The molecular formula is C13H13NO3. The van der Waals surface area contributed by atoms with E-state index in [1.165, 1.54) is 19.3 Å². The molecule has 1 aromatic rings. The number of methoxy groups -OCH3 is 1. The molecule has 0 spiro atoms. The minimum Gasteiger partial charge on any atom is -0.871 e. The van der Waals surface area contributed by atoms with E-state index < -0.39 is 5.97 Å². The summed E-state index contributed by atoms with van der Waals surface area (Å²) in [6.45, 7) is 0. The number of hydrogen-bond donors (Lipinski definition) is 0. The van der Waals surface area contributed by atoms with E-state index in [0.29, 0.717) is 12.1 Å². The zero-order valence-electron chi connectivity index (χ0n) is 9.55. The summed E-state index contributed by atoms with van der Waals surface area (Å²) in [5.74, 6) is -0.428. The topological polar surface area (TPSA) is 53.2 Å². The van der Waals surface area contributed by atoms with Crippen LogP contribution in [0.15, 0.2) is 42.3 Å². The number of pyridine rings is 1. The Bertz CT molecular complexity index is 503. The molecule has 0 aliphatic carbocycles. The number of fused-ring (bicyclic) bond motifs is 1. The average molecular weight is 231 g/mol. The number of rotatable bonds is 2. The van der Waals surface area contributed by atoms with Crippen molar-refractivity contribution in [2.75, 3.05) is 7.11 Å². The van der Waals surface area contributed by atoms with E-state index >= 15 is 0 Å². The molecule has 0 saturated heterocycles. The Balaban J connectivity index is 2.37. The minimum absolute atomic E-state index is 0.0360. The summed E-state index contributed by atoms with van der Waals surface area (Å²) in [5.41, 5.74) is 1.58. The molecule has 0 atom stereocenters. The highest BCUT2D eigenvalue weighted by molar-refractivity contribution is 5.83. The fourth-order valence-electron chi connectivity index (χ4n) is 1.81. The Morgan fingerprint density at radius 3 is 3.06 bits per heavy atom. The van der Waals surface area contributed by atoms with Crippen LogP contribution >= 0.6 is 0 Å². The fourth-order valence-corrected chi connectivity index (χ4v) is 1.81. The van der Waals surface area contributed by atoms with Crippen molar-refractivity contribution in [2.45, 2.75) is 12.8 Å². The Hall–Kier alpha value is -2.10. The Kier molecular flexibility index (Phi) is 3.23. The zero-order valence-corrected chi connectivity index (χ0v) is 9.55. The number of ether oxygens (including phenoxy) is 1. The van der Waals surface area contributed by atoms with Crippen molar-refractivity contribution in [3.05, 3.63) is 48.0 Å². The van der Waals surface area contributed by atoms with Gasteiger partial charge in [0.1, 0.15) is 0 Å². The van der Waals surface area contributed by atoms with Crippen LogP contribution in [0.25, 0.3) is 5.70 Å². The lowest BCUT2D eigenvalue weighted by Crippen LogP contribution is -2.41. The van der Waals surface area contributed by atoms with E-state index in [4.69, 9.17) is 0 Å². The molecule has 0 aromatic carbocycles. The molecule has 4 nitrogen and oxygen atoms in total. The molecule has 0 saturated carbocycles. The van der Waals surface area contributed by atoms with Gasteiger partial charge in [-0.25, -0.2) is 4.79 Å². The Morgan fingerprint density at radius 2 is 2.29 bits per heavy atom. The summed E-state index contributed by atoms with van der Waals surface area (Å²) in [6, 6.07) is 5.76. The molecule has 0 amide bonds. The van der Waals surface area contributed by atoms with Crippen LogP contribution in [0.5, 0.6) is 0 Å². The van der Waals surface area contributed by atoms with Gasteiger partial charge in [-0.2, -0.15) is 4.57 Å². The molecule has 0 unspecified atom stereocenters. The SMILES string of the molecule is COC(=O)/C=C/C1=C([O-])CCc2cccc[n+]21. The number of esters is 1. The standard InChI is InChI=1S/C13H13NO3/c1-17-13(16)8-6-11-12(15)7-5-10-4-2-3-9-14(10)11/h2-4,6,8-9H,5,7H2,1H3. The van der Waals surface area contributed by atoms with E-state index in [1.807, 2.05) is 29.0 Å². The molecule has 2 rings (SSSR count). The highest BCUT2D eigenvalue weighted by Crippen LogP contribution is 2.14. The first-order valence-corrected chi connectivity index (χ1v) is 5.38. The fraction of sp³-hybridized carbons (Fsp3) is 0.231. The summed E-state index contributed by atoms with van der Waals surface area (Å²) >= 11 is 0. The maximum absolute atomic E-state index is 11.8. The third kappa shape index (κ3) is 2.36. The van der Waals surface area contributed by atoms with Gasteiger partial charge in [0.15, 0.2) is 17.6 Å². The summed E-state index contributed by atoms with van der Waals surface area (Å²) in [7, 11) is 1.31. The number of aromatic nitrogens is 1. The molecule has 4 heteroatoms. The molecule has 1 aliphatic heterocycles. The van der Waals surface area contributed by atoms with E-state index in [-0.39, 0.29) is 5.76 Å². The lowest BCUT2D eigenvalue weighted by molar-refractivity contribution is -0.596. The van der Waals surface area contributed by atoms with E-state index in [9.17, 15) is 9.90 Å². The smallest absolute Gasteiger partial charge is 0.330 e. The van der Waals surface area contributed by atoms with Gasteiger partial charge >= 0.3 is 5.97 Å². The van der Waals surface area contributed by atoms with Crippen LogP contribution in [-0.4, -0.2) is 13.1 Å². The van der Waals surface area contributed by atoms with Crippen molar-refractivity contribution in [2.24, 2.45) is 0 Å². The predicted molar refractivity (Wildman–Crippen MR) is 59.3 cm³/mol. The van der Waals surface area contributed by atoms with Crippen LogP contribution in [-0.2, 0) is 16.0 Å². The Morgan fingerprint density at radius 1 is 1.47 bits per heavy atom. The van der Waals surface area contributed by atoms with Gasteiger partial charge in [0.2, 0.25) is 0 Å². The molecule has 0 bridgehead atoms. The Labute approximate surface area is 99.5 Å². The van der Waals surface area contributed by atoms with Gasteiger partial charge in [-0.05, 0) is 6.42 Å². The monoisotopic (exact) mass is 231 g/mol. The van der Waals surface area contributed by atoms with Crippen LogP contribution in [0, 0.1) is 0 Å². The van der Waals surface area contributed by atoms with Crippen LogP contribution in [0.4, 0.5) is 0 Å². The number of carbonyl (C=O) groups is 1. The van der Waals surface area contributed by atoms with Gasteiger partial charge in [0, 0.05) is 30.7 Å². The molecular weight excluding hydrogens is 218 g/mol. The molecule has 1 aliphatic rings. The van der Waals surface area contributed by atoms with Gasteiger partial charge in [-0.15, -0.1) is 0 Å². The summed E-state index contributed by atoms with van der Waals surface area (Å²) < 4.78 is 6.32. The van der Waals surface area contributed by atoms with Crippen LogP contribution in [0.1, 0.15) is 12.1 Å². The molecule has 2 heterocycles. The molecule has 0 radical (unpaired) electrons. The summed E-state index contributed by atoms with van der Waals surface area (Å²) in [6.07, 6.45) is 5.81. The lowest BCUT2D eigenvalue weighted by atomic mass is 10.1. The van der Waals surface area contributed by atoms with Crippen molar-refractivity contribution >= 4 is 11.7 Å². The van der Waals surface area contributed by atoms with Crippen LogP contribution < -0.4 is 9.67 Å². The number of hydrogen-bond acceptors (Lipinski definition) is 3. The normalized spacial score (nSPS) is 14.9. The van der Waals surface area contributed by atoms with Crippen molar-refractivity contribution in [1.29, 1.82) is 0 Å². The van der Waals surface area contributed by atoms with E-state index in [0.717, 1.165) is 12.1 Å². The van der Waals surface area contributed by atoms with Gasteiger partial charge in [-0.3, -0.25) is 0 Å². The molecule has 88 valence electrons. The minimum atomic E-state index is -0.464. The van der Waals surface area contributed by atoms with E-state index in [2.05, 4.69) is 4.74 Å². The van der Waals surface area contributed by atoms with E-state index in [1.54, 1.807) is 0 Å². The largest absolute Gasteiger partial charge is 0.871 e. The molecule has 0 fully saturated rings. The zero-order chi connectivity index (χ0) is 12.3. The maximum Gasteiger partial charge on any atom is 0.330 e. The summed E-state index contributed by atoms with van der Waals surface area (Å²) in [5, 5.41) is 11.8. The molecule has 0 N–H and O–H groups in total. The van der Waals surface area contributed by atoms with Crippen LogP contribution in [0.3, 0.4) is 0 Å². The quantitative estimate of drug-likeness (QED) is 0.414. The van der Waals surface area contributed by atoms with Crippen molar-refractivity contribution in [3.8, 4) is 0 Å². The second-order valence-corrected chi connectivity index (χ2v) is 3.73. The second kappa shape index (κ2) is 4.82. The number of carbonyl (C=O) groups excluding carboxylic acids is 1. The maximum atomic E-state index is 11.8. The van der Waals surface area contributed by atoms with Gasteiger partial charge in [-0.1, -0.05) is 11.8 Å². The first-order valence-electron chi connectivity index (χ1n) is 5.38. The van der Waals surface area contributed by atoms with Gasteiger partial charge in [0.05, 0.1) is 7.11 Å². The highest BCUT2D eigenvalue weighted by Gasteiger charge is 2.19. The summed E-state index contributed by atoms with van der Waals surface area (Å²) in [4.78, 5) is 11.0. The number of aryl methyl sites for hydroxylation is 1. The van der Waals surface area contributed by atoms with Gasteiger partial charge < -0.3 is 9.84 Å². The van der Waals surface area contributed by atoms with Crippen LogP contribution in [0.2, 0.25) is 0 Å². The molecule has 1 aromatic heterocycles. The molecule has 17 heavy (non-hydrogen) atoms. The lowest BCUT2D eigenvalue weighted by Gasteiger charge is -2.18. The van der Waals surface area contributed by atoms with Crippen molar-refractivity contribution in [1.82, 2.24) is 0 Å². The third-order valence-electron chi connectivity index (χ3n) is 2.68. The first kappa shape index (κ1) is 11.4. The highest BCUT2D eigenvalue weighted by atomic mass is 16.5. The predicted octanol–water partition coefficient (Wildman–Crippen LogP) is 0.178. The average Bonchev–Trinajstić information content (AvgIpc) is 2.37.